The number of hydrogen-bond donors (Lipinski definition) is 1. The van der Waals surface area contributed by atoms with Crippen molar-refractivity contribution < 1.29 is 4.74 Å². The summed E-state index contributed by atoms with van der Waals surface area (Å²) in [4.78, 5) is 0. The van der Waals surface area contributed by atoms with Crippen molar-refractivity contribution >= 4 is 69.4 Å². The minimum atomic E-state index is 0.731. The van der Waals surface area contributed by atoms with E-state index in [9.17, 15) is 0 Å². The first kappa shape index (κ1) is 16.3. The normalized spacial score (nSPS) is 10.4. The van der Waals surface area contributed by atoms with Gasteiger partial charge in [0.25, 0.3) is 0 Å². The number of rotatable bonds is 4. The fourth-order valence-corrected chi connectivity index (χ4v) is 3.64. The first-order valence-electron chi connectivity index (χ1n) is 5.72. The van der Waals surface area contributed by atoms with Crippen molar-refractivity contribution in [2.24, 2.45) is 0 Å². The van der Waals surface area contributed by atoms with Gasteiger partial charge in [0.05, 0.1) is 17.3 Å². The van der Waals surface area contributed by atoms with E-state index in [-0.39, 0.29) is 0 Å². The van der Waals surface area contributed by atoms with Gasteiger partial charge in [-0.15, -0.1) is 0 Å². The van der Waals surface area contributed by atoms with Crippen LogP contribution in [0.1, 0.15) is 5.56 Å². The molecule has 0 atom stereocenters. The molecule has 0 amide bonds. The molecule has 2 nitrogen and oxygen atoms in total. The van der Waals surface area contributed by atoms with Crippen LogP contribution in [0.4, 0.5) is 5.69 Å². The van der Waals surface area contributed by atoms with E-state index in [1.807, 2.05) is 18.2 Å². The highest BCUT2D eigenvalue weighted by molar-refractivity contribution is 9.13. The minimum absolute atomic E-state index is 0.731. The van der Waals surface area contributed by atoms with Crippen LogP contribution in [-0.4, -0.2) is 7.11 Å². The molecular formula is C14H11Br4NO. The van der Waals surface area contributed by atoms with Crippen molar-refractivity contribution in [3.8, 4) is 5.75 Å². The average molecular weight is 529 g/mol. The van der Waals surface area contributed by atoms with Gasteiger partial charge in [-0.3, -0.25) is 0 Å². The lowest BCUT2D eigenvalue weighted by Gasteiger charge is -2.12. The maximum atomic E-state index is 5.31. The number of benzene rings is 2. The molecule has 1 N–H and O–H groups in total. The molecular weight excluding hydrogens is 518 g/mol. The third-order valence-electron chi connectivity index (χ3n) is 2.71. The van der Waals surface area contributed by atoms with Gasteiger partial charge in [0.1, 0.15) is 5.75 Å². The predicted molar refractivity (Wildman–Crippen MR) is 97.6 cm³/mol. The molecule has 0 bridgehead atoms. The second kappa shape index (κ2) is 7.29. The topological polar surface area (TPSA) is 21.3 Å². The lowest BCUT2D eigenvalue weighted by molar-refractivity contribution is 0.412. The third kappa shape index (κ3) is 4.00. The number of methoxy groups -OCH3 is 1. The van der Waals surface area contributed by atoms with Crippen LogP contribution < -0.4 is 10.1 Å². The molecule has 0 aromatic heterocycles. The summed E-state index contributed by atoms with van der Waals surface area (Å²) in [5.74, 6) is 0.799. The fraction of sp³-hybridized carbons (Fsp3) is 0.143. The molecule has 2 aromatic rings. The van der Waals surface area contributed by atoms with Crippen molar-refractivity contribution in [1.82, 2.24) is 0 Å². The van der Waals surface area contributed by atoms with Gasteiger partial charge >= 0.3 is 0 Å². The number of anilines is 1. The summed E-state index contributed by atoms with van der Waals surface area (Å²) in [5.41, 5.74) is 2.18. The summed E-state index contributed by atoms with van der Waals surface area (Å²) in [5, 5.41) is 3.39. The molecule has 0 saturated carbocycles. The predicted octanol–water partition coefficient (Wildman–Crippen LogP) is 6.36. The average Bonchev–Trinajstić information content (AvgIpc) is 2.41. The highest BCUT2D eigenvalue weighted by Gasteiger charge is 2.07. The van der Waals surface area contributed by atoms with Gasteiger partial charge in [0.15, 0.2) is 0 Å². The minimum Gasteiger partial charge on any atom is -0.495 e. The quantitative estimate of drug-likeness (QED) is 0.499. The molecule has 0 aliphatic heterocycles. The molecule has 2 aromatic carbocycles. The Hall–Kier alpha value is -0.0400. The Balaban J connectivity index is 2.16. The monoisotopic (exact) mass is 525 g/mol. The molecule has 6 heteroatoms. The maximum absolute atomic E-state index is 5.31. The van der Waals surface area contributed by atoms with Gasteiger partial charge in [0.2, 0.25) is 0 Å². The number of ether oxygens (including phenoxy) is 1. The second-order valence-electron chi connectivity index (χ2n) is 4.07. The Bertz CT molecular complexity index is 631. The Kier molecular flexibility index (Phi) is 5.95. The van der Waals surface area contributed by atoms with Crippen LogP contribution in [-0.2, 0) is 6.54 Å². The first-order chi connectivity index (χ1) is 9.51. The van der Waals surface area contributed by atoms with Crippen LogP contribution in [0.25, 0.3) is 0 Å². The Morgan fingerprint density at radius 2 is 1.65 bits per heavy atom. The molecule has 0 fully saturated rings. The van der Waals surface area contributed by atoms with Crippen LogP contribution in [0.3, 0.4) is 0 Å². The zero-order chi connectivity index (χ0) is 14.7. The number of hydrogen-bond acceptors (Lipinski definition) is 2. The highest BCUT2D eigenvalue weighted by Crippen LogP contribution is 2.35. The van der Waals surface area contributed by atoms with E-state index in [4.69, 9.17) is 4.74 Å². The van der Waals surface area contributed by atoms with Gasteiger partial charge < -0.3 is 10.1 Å². The Morgan fingerprint density at radius 3 is 2.30 bits per heavy atom. The van der Waals surface area contributed by atoms with Crippen molar-refractivity contribution in [3.05, 3.63) is 53.8 Å². The molecule has 0 aliphatic rings. The number of nitrogens with one attached hydrogen (secondary N) is 1. The summed E-state index contributed by atoms with van der Waals surface area (Å²) in [7, 11) is 1.66. The molecule has 106 valence electrons. The van der Waals surface area contributed by atoms with E-state index in [1.165, 1.54) is 5.56 Å². The molecule has 0 saturated heterocycles. The van der Waals surface area contributed by atoms with Crippen molar-refractivity contribution in [2.45, 2.75) is 6.54 Å². The van der Waals surface area contributed by atoms with Gasteiger partial charge in [-0.2, -0.15) is 0 Å². The molecule has 0 heterocycles. The summed E-state index contributed by atoms with van der Waals surface area (Å²) in [6.45, 7) is 0.731. The maximum Gasteiger partial charge on any atom is 0.135 e. The summed E-state index contributed by atoms with van der Waals surface area (Å²) in [6, 6.07) is 10.1. The van der Waals surface area contributed by atoms with Crippen LogP contribution in [0.2, 0.25) is 0 Å². The number of halogens is 4. The van der Waals surface area contributed by atoms with Crippen LogP contribution in [0.15, 0.2) is 48.2 Å². The largest absolute Gasteiger partial charge is 0.495 e. The SMILES string of the molecule is COc1cc(NCc2ccc(Br)c(Br)c2)c(Br)cc1Br. The van der Waals surface area contributed by atoms with E-state index in [1.54, 1.807) is 7.11 Å². The Morgan fingerprint density at radius 1 is 0.900 bits per heavy atom. The highest BCUT2D eigenvalue weighted by atomic mass is 79.9. The van der Waals surface area contributed by atoms with E-state index < -0.39 is 0 Å². The smallest absolute Gasteiger partial charge is 0.135 e. The van der Waals surface area contributed by atoms with Gasteiger partial charge in [-0.1, -0.05) is 6.07 Å². The van der Waals surface area contributed by atoms with Gasteiger partial charge in [-0.25, -0.2) is 0 Å². The summed E-state index contributed by atoms with van der Waals surface area (Å²) >= 11 is 14.0. The molecule has 0 aliphatic carbocycles. The fourth-order valence-electron chi connectivity index (χ4n) is 1.67. The summed E-state index contributed by atoms with van der Waals surface area (Å²) in [6.07, 6.45) is 0. The van der Waals surface area contributed by atoms with E-state index in [2.05, 4.69) is 81.2 Å². The second-order valence-corrected chi connectivity index (χ2v) is 7.49. The zero-order valence-electron chi connectivity index (χ0n) is 10.5. The molecule has 2 rings (SSSR count). The van der Waals surface area contributed by atoms with Crippen LogP contribution >= 0.6 is 63.7 Å². The standard InChI is InChI=1S/C14H11Br4NO/c1-20-14-6-13(11(17)5-12(14)18)19-7-8-2-3-9(15)10(16)4-8/h2-6,19H,7H2,1H3. The van der Waals surface area contributed by atoms with E-state index in [0.29, 0.717) is 0 Å². The van der Waals surface area contributed by atoms with Gasteiger partial charge in [0, 0.05) is 26.0 Å². The molecule has 0 spiro atoms. The van der Waals surface area contributed by atoms with Crippen LogP contribution in [0.5, 0.6) is 5.75 Å². The summed E-state index contributed by atoms with van der Waals surface area (Å²) < 4.78 is 9.31. The van der Waals surface area contributed by atoms with Crippen LogP contribution in [0, 0.1) is 0 Å². The van der Waals surface area contributed by atoms with Gasteiger partial charge in [-0.05, 0) is 87.5 Å². The molecule has 20 heavy (non-hydrogen) atoms. The van der Waals surface area contributed by atoms with Crippen molar-refractivity contribution in [2.75, 3.05) is 12.4 Å². The molecule has 0 unspecified atom stereocenters. The van der Waals surface area contributed by atoms with Crippen molar-refractivity contribution in [3.63, 3.8) is 0 Å². The first-order valence-corrected chi connectivity index (χ1v) is 8.89. The van der Waals surface area contributed by atoms with E-state index >= 15 is 0 Å². The third-order valence-corrected chi connectivity index (χ3v) is 5.86. The Labute approximate surface area is 151 Å². The lowest BCUT2D eigenvalue weighted by Crippen LogP contribution is -2.01. The van der Waals surface area contributed by atoms with Crippen molar-refractivity contribution in [1.29, 1.82) is 0 Å². The molecule has 0 radical (unpaired) electrons. The van der Waals surface area contributed by atoms with E-state index in [0.717, 1.165) is 35.9 Å². The lowest BCUT2D eigenvalue weighted by atomic mass is 10.2. The zero-order valence-corrected chi connectivity index (χ0v) is 16.9.